The van der Waals surface area contributed by atoms with Crippen molar-refractivity contribution in [3.8, 4) is 0 Å². The summed E-state index contributed by atoms with van der Waals surface area (Å²) in [6, 6.07) is 3.19. The van der Waals surface area contributed by atoms with Crippen LogP contribution in [0.3, 0.4) is 0 Å². The Morgan fingerprint density at radius 3 is 2.42 bits per heavy atom. The maximum Gasteiger partial charge on any atom is 0.351 e. The Bertz CT molecular complexity index is 822. The maximum atomic E-state index is 11.1. The van der Waals surface area contributed by atoms with Gasteiger partial charge < -0.3 is 10.5 Å². The second kappa shape index (κ2) is 9.56. The average molecular weight is 383 g/mol. The van der Waals surface area contributed by atoms with Crippen LogP contribution in [0, 0.1) is 4.91 Å². The number of rotatable bonds is 5. The van der Waals surface area contributed by atoms with E-state index in [2.05, 4.69) is 5.18 Å². The number of nitroso groups, excluding NO2 is 1. The highest BCUT2D eigenvalue weighted by Gasteiger charge is 2.27. The van der Waals surface area contributed by atoms with E-state index in [0.717, 1.165) is 0 Å². The molecule has 0 bridgehead atoms. The fraction of sp³-hybridized carbons (Fsp3) is 0.200. The molecule has 1 atom stereocenters. The average Bonchev–Trinajstić information content (AvgIpc) is 2.56. The summed E-state index contributed by atoms with van der Waals surface area (Å²) in [7, 11) is -2.13. The first kappa shape index (κ1) is 21.2. The third kappa shape index (κ3) is 6.93. The molecular formula is C15H19N4O6S+. The molecule has 0 aromatic carbocycles. The zero-order valence-corrected chi connectivity index (χ0v) is 14.9. The van der Waals surface area contributed by atoms with Crippen molar-refractivity contribution in [1.82, 2.24) is 4.90 Å². The number of nitrogens with zero attached hydrogens (tertiary/aromatic N) is 3. The lowest BCUT2D eigenvalue weighted by Gasteiger charge is -2.26. The summed E-state index contributed by atoms with van der Waals surface area (Å²) in [6.07, 6.45) is 11.8. The fourth-order valence-electron chi connectivity index (χ4n) is 1.96. The Morgan fingerprint density at radius 1 is 1.38 bits per heavy atom. The molecule has 0 aliphatic carbocycles. The Kier molecular flexibility index (Phi) is 7.77. The first-order valence-corrected chi connectivity index (χ1v) is 8.94. The third-order valence-corrected chi connectivity index (χ3v) is 2.95. The smallest absolute Gasteiger partial charge is 0.351 e. The van der Waals surface area contributed by atoms with Gasteiger partial charge in [-0.1, -0.05) is 6.08 Å². The van der Waals surface area contributed by atoms with Crippen LogP contribution in [0.25, 0.3) is 0 Å². The molecule has 11 heteroatoms. The lowest BCUT2D eigenvalue weighted by Crippen LogP contribution is -2.48. The monoisotopic (exact) mass is 383 g/mol. The molecule has 0 saturated carbocycles. The van der Waals surface area contributed by atoms with Gasteiger partial charge in [0.1, 0.15) is 0 Å². The van der Waals surface area contributed by atoms with Crippen molar-refractivity contribution in [2.75, 3.05) is 13.4 Å². The summed E-state index contributed by atoms with van der Waals surface area (Å²) in [5, 5.41) is 2.79. The van der Waals surface area contributed by atoms with E-state index in [0.29, 0.717) is 17.5 Å². The second-order valence-corrected chi connectivity index (χ2v) is 6.43. The number of primary amides is 1. The van der Waals surface area contributed by atoms with E-state index >= 15 is 0 Å². The molecule has 0 radical (unpaired) electrons. The molecule has 2 heterocycles. The predicted octanol–water partition coefficient (Wildman–Crippen LogP) is 0.673. The van der Waals surface area contributed by atoms with Crippen molar-refractivity contribution in [2.24, 2.45) is 10.9 Å². The molecule has 1 aliphatic rings. The molecular weight excluding hydrogens is 364 g/mol. The normalized spacial score (nSPS) is 16.0. The lowest BCUT2D eigenvalue weighted by atomic mass is 10.2. The van der Waals surface area contributed by atoms with E-state index in [-0.39, 0.29) is 0 Å². The van der Waals surface area contributed by atoms with Crippen LogP contribution in [0.1, 0.15) is 16.7 Å². The van der Waals surface area contributed by atoms with E-state index in [4.69, 9.17) is 15.0 Å². The van der Waals surface area contributed by atoms with Crippen LogP contribution in [0.4, 0.5) is 0 Å². The fourth-order valence-corrected chi connectivity index (χ4v) is 1.96. The lowest BCUT2D eigenvalue weighted by molar-refractivity contribution is -0.779. The molecule has 2 rings (SSSR count). The summed E-state index contributed by atoms with van der Waals surface area (Å²) >= 11 is 0. The maximum absolute atomic E-state index is 11.1. The number of carbonyl (C=O) groups excluding carboxylic acids is 1. The Hall–Kier alpha value is -2.89. The van der Waals surface area contributed by atoms with Gasteiger partial charge in [-0.2, -0.15) is 13.0 Å². The first-order chi connectivity index (χ1) is 12.2. The minimum absolute atomic E-state index is 0.403. The zero-order valence-electron chi connectivity index (χ0n) is 14.1. The molecule has 1 aromatic rings. The van der Waals surface area contributed by atoms with Gasteiger partial charge in [0.25, 0.3) is 10.1 Å². The highest BCUT2D eigenvalue weighted by molar-refractivity contribution is 7.85. The van der Waals surface area contributed by atoms with Gasteiger partial charge in [-0.25, -0.2) is 0 Å². The summed E-state index contributed by atoms with van der Waals surface area (Å²) in [6.45, 7) is 0. The van der Waals surface area contributed by atoms with Crippen LogP contribution in [-0.4, -0.2) is 37.1 Å². The Labute approximate surface area is 150 Å². The van der Waals surface area contributed by atoms with Crippen molar-refractivity contribution >= 4 is 16.0 Å². The molecule has 1 aromatic heterocycles. The molecule has 140 valence electrons. The van der Waals surface area contributed by atoms with Gasteiger partial charge in [-0.05, 0) is 17.3 Å². The zero-order chi connectivity index (χ0) is 19.7. The number of methoxy groups -OCH3 is 1. The first-order valence-electron chi connectivity index (χ1n) is 7.09. The number of pyridine rings is 1. The number of aromatic nitrogens is 1. The van der Waals surface area contributed by atoms with Crippen LogP contribution in [0.5, 0.6) is 0 Å². The topological polar surface area (TPSA) is 143 Å². The van der Waals surface area contributed by atoms with Gasteiger partial charge >= 0.3 is 6.35 Å². The highest BCUT2D eigenvalue weighted by atomic mass is 32.2. The van der Waals surface area contributed by atoms with E-state index in [1.807, 2.05) is 6.08 Å². The van der Waals surface area contributed by atoms with Crippen LogP contribution in [-0.2, 0) is 14.9 Å². The third-order valence-electron chi connectivity index (χ3n) is 2.95. The van der Waals surface area contributed by atoms with Gasteiger partial charge in [0.2, 0.25) is 5.91 Å². The van der Waals surface area contributed by atoms with E-state index < -0.39 is 22.4 Å². The van der Waals surface area contributed by atoms with Crippen LogP contribution in [0.15, 0.2) is 66.0 Å². The van der Waals surface area contributed by atoms with E-state index in [9.17, 15) is 18.1 Å². The number of carbonyl (C=O) groups is 1. The van der Waals surface area contributed by atoms with Crippen molar-refractivity contribution in [1.29, 1.82) is 0 Å². The summed E-state index contributed by atoms with van der Waals surface area (Å²) in [5.41, 5.74) is 6.20. The van der Waals surface area contributed by atoms with Crippen molar-refractivity contribution in [3.05, 3.63) is 71.3 Å². The number of hydrogen-bond donors (Lipinski definition) is 2. The molecule has 0 spiro atoms. The standard InChI is InChI=1S/C14H14N4O3.CH4O3S/c1-21-14(17-8-5-11(6-9-17)13(15)19)18-7-3-2-4-12(18)10-16-20;1-5(2,3)4/h2-10,14H,1H3,(H-,15,19);1H3,(H,2,3,4)/p+1/b12-10+;. The second-order valence-electron chi connectivity index (χ2n) is 4.96. The van der Waals surface area contributed by atoms with Crippen molar-refractivity contribution in [2.45, 2.75) is 6.35 Å². The summed E-state index contributed by atoms with van der Waals surface area (Å²) < 4.78 is 33.1. The number of hydrogen-bond acceptors (Lipinski definition) is 7. The number of amides is 1. The molecule has 10 nitrogen and oxygen atoms in total. The minimum atomic E-state index is -3.67. The van der Waals surface area contributed by atoms with E-state index in [1.165, 1.54) is 13.3 Å². The van der Waals surface area contributed by atoms with Gasteiger partial charge in [-0.3, -0.25) is 14.2 Å². The molecule has 3 N–H and O–H groups in total. The van der Waals surface area contributed by atoms with Crippen LogP contribution >= 0.6 is 0 Å². The summed E-state index contributed by atoms with van der Waals surface area (Å²) in [5.74, 6) is -0.498. The van der Waals surface area contributed by atoms with Gasteiger partial charge in [-0.15, -0.1) is 4.91 Å². The van der Waals surface area contributed by atoms with Crippen molar-refractivity contribution in [3.63, 3.8) is 0 Å². The molecule has 0 fully saturated rings. The Balaban J connectivity index is 0.000000597. The van der Waals surface area contributed by atoms with Gasteiger partial charge in [0, 0.05) is 25.4 Å². The molecule has 26 heavy (non-hydrogen) atoms. The molecule has 0 saturated heterocycles. The highest BCUT2D eigenvalue weighted by Crippen LogP contribution is 2.20. The molecule has 1 aliphatic heterocycles. The minimum Gasteiger partial charge on any atom is -0.366 e. The number of allylic oxidation sites excluding steroid dienone is 3. The van der Waals surface area contributed by atoms with E-state index in [1.54, 1.807) is 52.3 Å². The SMILES string of the molecule is COC(N1C=CC=C/C1=C\N=O)[n+]1ccc(C(N)=O)cc1.CS(=O)(=O)O. The summed E-state index contributed by atoms with van der Waals surface area (Å²) in [4.78, 5) is 23.3. The molecule has 1 unspecified atom stereocenters. The van der Waals surface area contributed by atoms with Crippen molar-refractivity contribution < 1.29 is 27.1 Å². The quantitative estimate of drug-likeness (QED) is 0.432. The number of nitrogens with two attached hydrogens (primary N) is 1. The predicted molar refractivity (Wildman–Crippen MR) is 92.7 cm³/mol. The largest absolute Gasteiger partial charge is 0.366 e. The van der Waals surface area contributed by atoms with Crippen LogP contribution in [0.2, 0.25) is 0 Å². The van der Waals surface area contributed by atoms with Crippen LogP contribution < -0.4 is 10.3 Å². The molecule has 1 amide bonds. The Morgan fingerprint density at radius 2 is 1.96 bits per heavy atom. The van der Waals surface area contributed by atoms with Gasteiger partial charge in [0.05, 0.1) is 23.7 Å². The number of ether oxygens (including phenoxy) is 1. The van der Waals surface area contributed by atoms with Gasteiger partial charge in [0.15, 0.2) is 12.4 Å².